The molecule has 0 radical (unpaired) electrons. The number of nitrogens with one attached hydrogen (secondary N) is 1. The second kappa shape index (κ2) is 8.10. The summed E-state index contributed by atoms with van der Waals surface area (Å²) in [5.41, 5.74) is 1.58. The molecule has 5 nitrogen and oxygen atoms in total. The van der Waals surface area contributed by atoms with Crippen molar-refractivity contribution in [3.63, 3.8) is 0 Å². The third-order valence-electron chi connectivity index (χ3n) is 3.51. The molecule has 1 fully saturated rings. The number of benzene rings is 2. The first-order valence-electron chi connectivity index (χ1n) is 8.25. The van der Waals surface area contributed by atoms with Crippen LogP contribution < -0.4 is 14.8 Å². The van der Waals surface area contributed by atoms with E-state index in [1.165, 1.54) is 11.8 Å². The quantitative estimate of drug-likeness (QED) is 0.796. The third-order valence-corrected chi connectivity index (χ3v) is 4.42. The van der Waals surface area contributed by atoms with Gasteiger partial charge in [-0.1, -0.05) is 30.3 Å². The van der Waals surface area contributed by atoms with Crippen molar-refractivity contribution in [2.45, 2.75) is 20.0 Å². The van der Waals surface area contributed by atoms with Gasteiger partial charge in [0.15, 0.2) is 16.7 Å². The number of para-hydroxylation sites is 2. The maximum atomic E-state index is 12.3. The smallest absolute Gasteiger partial charge is 0.264 e. The third kappa shape index (κ3) is 4.26. The summed E-state index contributed by atoms with van der Waals surface area (Å²) in [5.74, 6) is 1.08. The lowest BCUT2D eigenvalue weighted by atomic mass is 10.1. The predicted molar refractivity (Wildman–Crippen MR) is 106 cm³/mol. The lowest BCUT2D eigenvalue weighted by molar-refractivity contribution is -0.115. The Kier molecular flexibility index (Phi) is 5.63. The number of amides is 1. The lowest BCUT2D eigenvalue weighted by Gasteiger charge is -2.16. The fourth-order valence-corrected chi connectivity index (χ4v) is 3.24. The highest BCUT2D eigenvalue weighted by Crippen LogP contribution is 2.36. The Labute approximate surface area is 157 Å². The average molecular weight is 368 g/mol. The van der Waals surface area contributed by atoms with E-state index in [-0.39, 0.29) is 12.0 Å². The van der Waals surface area contributed by atoms with E-state index in [4.69, 9.17) is 9.47 Å². The minimum atomic E-state index is -0.178. The van der Waals surface area contributed by atoms with Gasteiger partial charge in [-0.3, -0.25) is 4.79 Å². The van der Waals surface area contributed by atoms with Gasteiger partial charge in [0.2, 0.25) is 0 Å². The molecule has 0 unspecified atom stereocenters. The Morgan fingerprint density at radius 2 is 1.88 bits per heavy atom. The zero-order chi connectivity index (χ0) is 18.5. The highest BCUT2D eigenvalue weighted by atomic mass is 32.2. The number of thioether (sulfide) groups is 1. The van der Waals surface area contributed by atoms with E-state index in [2.05, 4.69) is 10.3 Å². The zero-order valence-electron chi connectivity index (χ0n) is 14.9. The zero-order valence-corrected chi connectivity index (χ0v) is 15.7. The highest BCUT2D eigenvalue weighted by Gasteiger charge is 2.24. The maximum Gasteiger partial charge on any atom is 0.264 e. The Morgan fingerprint density at radius 3 is 2.58 bits per heavy atom. The van der Waals surface area contributed by atoms with Gasteiger partial charge in [-0.2, -0.15) is 0 Å². The van der Waals surface area contributed by atoms with Crippen LogP contribution in [-0.4, -0.2) is 24.3 Å². The van der Waals surface area contributed by atoms with Crippen molar-refractivity contribution in [2.24, 2.45) is 4.99 Å². The summed E-state index contributed by atoms with van der Waals surface area (Å²) < 4.78 is 11.3. The van der Waals surface area contributed by atoms with Gasteiger partial charge in [0.1, 0.15) is 0 Å². The van der Waals surface area contributed by atoms with Crippen LogP contribution in [-0.2, 0) is 4.79 Å². The van der Waals surface area contributed by atoms with Crippen LogP contribution in [0.25, 0.3) is 6.08 Å². The first-order valence-corrected chi connectivity index (χ1v) is 9.07. The van der Waals surface area contributed by atoms with Crippen molar-refractivity contribution >= 4 is 34.6 Å². The molecule has 3 rings (SSSR count). The van der Waals surface area contributed by atoms with E-state index >= 15 is 0 Å². The first kappa shape index (κ1) is 18.1. The van der Waals surface area contributed by atoms with Crippen LogP contribution in [0, 0.1) is 0 Å². The molecule has 0 saturated carbocycles. The van der Waals surface area contributed by atoms with Gasteiger partial charge >= 0.3 is 0 Å². The maximum absolute atomic E-state index is 12.3. The van der Waals surface area contributed by atoms with Gasteiger partial charge in [0.05, 0.1) is 23.8 Å². The molecule has 2 aromatic carbocycles. The van der Waals surface area contributed by atoms with Gasteiger partial charge in [0.25, 0.3) is 5.91 Å². The molecule has 2 aromatic rings. The van der Waals surface area contributed by atoms with Gasteiger partial charge in [-0.15, -0.1) is 0 Å². The molecule has 1 heterocycles. The van der Waals surface area contributed by atoms with Crippen LogP contribution in [0.15, 0.2) is 58.4 Å². The van der Waals surface area contributed by atoms with Crippen LogP contribution in [0.1, 0.15) is 19.4 Å². The Balaban J connectivity index is 1.91. The summed E-state index contributed by atoms with van der Waals surface area (Å²) in [7, 11) is 1.60. The standard InChI is InChI=1S/C20H20N2O3S/c1-13(2)25-18-14(8-7-11-16(18)24-3)12-17-19(23)22-20(26-17)21-15-9-5-4-6-10-15/h4-13H,1-3H3,(H,21,22,23). The first-order chi connectivity index (χ1) is 12.6. The lowest BCUT2D eigenvalue weighted by Crippen LogP contribution is -2.19. The second-order valence-corrected chi connectivity index (χ2v) is 6.89. The molecule has 1 aliphatic rings. The second-order valence-electron chi connectivity index (χ2n) is 5.86. The van der Waals surface area contributed by atoms with E-state index in [9.17, 15) is 4.79 Å². The molecular weight excluding hydrogens is 348 g/mol. The SMILES string of the molecule is COc1cccc(C=C2SC(=Nc3ccccc3)NC2=O)c1OC(C)C. The van der Waals surface area contributed by atoms with Gasteiger partial charge in [0, 0.05) is 5.56 Å². The number of hydrogen-bond donors (Lipinski definition) is 1. The van der Waals surface area contributed by atoms with Crippen molar-refractivity contribution in [3.05, 3.63) is 59.0 Å². The molecule has 0 aliphatic carbocycles. The van der Waals surface area contributed by atoms with Gasteiger partial charge in [-0.05, 0) is 49.9 Å². The monoisotopic (exact) mass is 368 g/mol. The average Bonchev–Trinajstić information content (AvgIpc) is 2.96. The highest BCUT2D eigenvalue weighted by molar-refractivity contribution is 8.18. The van der Waals surface area contributed by atoms with E-state index in [0.717, 1.165) is 11.3 Å². The summed E-state index contributed by atoms with van der Waals surface area (Å²) in [6, 6.07) is 15.1. The van der Waals surface area contributed by atoms with Crippen LogP contribution >= 0.6 is 11.8 Å². The van der Waals surface area contributed by atoms with Crippen LogP contribution in [0.5, 0.6) is 11.5 Å². The number of rotatable bonds is 5. The number of carbonyl (C=O) groups is 1. The molecule has 0 bridgehead atoms. The number of hydrogen-bond acceptors (Lipinski definition) is 5. The number of nitrogens with zero attached hydrogens (tertiary/aromatic N) is 1. The Hall–Kier alpha value is -2.73. The van der Waals surface area contributed by atoms with Crippen LogP contribution in [0.2, 0.25) is 0 Å². The molecule has 26 heavy (non-hydrogen) atoms. The van der Waals surface area contributed by atoms with E-state index < -0.39 is 0 Å². The molecule has 1 amide bonds. The molecule has 1 N–H and O–H groups in total. The summed E-state index contributed by atoms with van der Waals surface area (Å²) in [5, 5.41) is 3.35. The fourth-order valence-electron chi connectivity index (χ4n) is 2.41. The summed E-state index contributed by atoms with van der Waals surface area (Å²) >= 11 is 1.30. The van der Waals surface area contributed by atoms with Gasteiger partial charge < -0.3 is 14.8 Å². The van der Waals surface area contributed by atoms with E-state index in [1.807, 2.05) is 62.4 Å². The van der Waals surface area contributed by atoms with Crippen molar-refractivity contribution < 1.29 is 14.3 Å². The molecule has 134 valence electrons. The molecule has 1 aliphatic heterocycles. The van der Waals surface area contributed by atoms with Crippen LogP contribution in [0.3, 0.4) is 0 Å². The normalized spacial score (nSPS) is 17.0. The Bertz CT molecular complexity index is 861. The van der Waals surface area contributed by atoms with E-state index in [0.29, 0.717) is 21.6 Å². The van der Waals surface area contributed by atoms with Crippen LogP contribution in [0.4, 0.5) is 5.69 Å². The number of aliphatic imine (C=N–C) groups is 1. The summed E-state index contributed by atoms with van der Waals surface area (Å²) in [4.78, 5) is 17.3. The minimum Gasteiger partial charge on any atom is -0.493 e. The fraction of sp³-hybridized carbons (Fsp3) is 0.200. The molecule has 0 atom stereocenters. The number of carbonyl (C=O) groups excluding carboxylic acids is 1. The molecular formula is C20H20N2O3S. The molecule has 6 heteroatoms. The van der Waals surface area contributed by atoms with Crippen molar-refractivity contribution in [1.29, 1.82) is 0 Å². The minimum absolute atomic E-state index is 0.0105. The molecule has 0 spiro atoms. The number of ether oxygens (including phenoxy) is 2. The van der Waals surface area contributed by atoms with Crippen molar-refractivity contribution in [2.75, 3.05) is 7.11 Å². The predicted octanol–water partition coefficient (Wildman–Crippen LogP) is 4.37. The molecule has 1 saturated heterocycles. The van der Waals surface area contributed by atoms with E-state index in [1.54, 1.807) is 13.2 Å². The Morgan fingerprint density at radius 1 is 1.12 bits per heavy atom. The topological polar surface area (TPSA) is 59.9 Å². The number of amidine groups is 1. The largest absolute Gasteiger partial charge is 0.493 e. The summed E-state index contributed by atoms with van der Waals surface area (Å²) in [6.07, 6.45) is 1.79. The summed E-state index contributed by atoms with van der Waals surface area (Å²) in [6.45, 7) is 3.90. The van der Waals surface area contributed by atoms with Crippen molar-refractivity contribution in [1.82, 2.24) is 5.32 Å². The van der Waals surface area contributed by atoms with Gasteiger partial charge in [-0.25, -0.2) is 4.99 Å². The van der Waals surface area contributed by atoms with Crippen molar-refractivity contribution in [3.8, 4) is 11.5 Å². The number of methoxy groups -OCH3 is 1. The molecule has 0 aromatic heterocycles.